The van der Waals surface area contributed by atoms with Crippen LogP contribution in [0.1, 0.15) is 21.6 Å². The fourth-order valence-corrected chi connectivity index (χ4v) is 2.81. The van der Waals surface area contributed by atoms with E-state index in [4.69, 9.17) is 0 Å². The number of carbonyl (C=O) groups excluding carboxylic acids is 1. The van der Waals surface area contributed by atoms with E-state index in [1.807, 2.05) is 0 Å². The quantitative estimate of drug-likeness (QED) is 0.548. The van der Waals surface area contributed by atoms with Crippen LogP contribution >= 0.6 is 0 Å². The summed E-state index contributed by atoms with van der Waals surface area (Å²) in [6.07, 6.45) is 1.61. The Balaban J connectivity index is 2.08. The summed E-state index contributed by atoms with van der Waals surface area (Å²) in [4.78, 5) is 29.6. The molecule has 0 aliphatic rings. The van der Waals surface area contributed by atoms with E-state index in [0.717, 1.165) is 0 Å². The molecule has 7 heteroatoms. The molecule has 1 heterocycles. The lowest BCUT2D eigenvalue weighted by Gasteiger charge is -2.24. The fourth-order valence-electron chi connectivity index (χ4n) is 2.81. The van der Waals surface area contributed by atoms with Crippen molar-refractivity contribution in [1.29, 1.82) is 0 Å². The van der Waals surface area contributed by atoms with Gasteiger partial charge < -0.3 is 5.11 Å². The predicted molar refractivity (Wildman–Crippen MR) is 101 cm³/mol. The molecule has 27 heavy (non-hydrogen) atoms. The molecule has 0 fully saturated rings. The van der Waals surface area contributed by atoms with Crippen LogP contribution in [0.2, 0.25) is 0 Å². The summed E-state index contributed by atoms with van der Waals surface area (Å²) in [7, 11) is 0. The average Bonchev–Trinajstić information content (AvgIpc) is 2.67. The third-order valence-electron chi connectivity index (χ3n) is 4.20. The molecular formula is C20H17N3O4. The van der Waals surface area contributed by atoms with Crippen molar-refractivity contribution in [2.75, 3.05) is 4.90 Å². The second-order valence-electron chi connectivity index (χ2n) is 5.91. The Morgan fingerprint density at radius 1 is 1.11 bits per heavy atom. The minimum Gasteiger partial charge on any atom is -0.506 e. The molecule has 0 unspecified atom stereocenters. The summed E-state index contributed by atoms with van der Waals surface area (Å²) in [6, 6.07) is 16.1. The van der Waals surface area contributed by atoms with Crippen molar-refractivity contribution >= 4 is 17.3 Å². The number of hydrogen-bond donors (Lipinski definition) is 1. The number of pyridine rings is 1. The van der Waals surface area contributed by atoms with Gasteiger partial charge in [-0.25, -0.2) is 0 Å². The third kappa shape index (κ3) is 3.77. The second-order valence-corrected chi connectivity index (χ2v) is 5.91. The number of aromatic nitrogens is 1. The molecule has 0 radical (unpaired) electrons. The first kappa shape index (κ1) is 18.1. The van der Waals surface area contributed by atoms with Crippen molar-refractivity contribution in [3.8, 4) is 5.75 Å². The lowest BCUT2D eigenvalue weighted by atomic mass is 10.0. The van der Waals surface area contributed by atoms with E-state index in [9.17, 15) is 20.0 Å². The Bertz CT molecular complexity index is 990. The van der Waals surface area contributed by atoms with Crippen LogP contribution in [0.25, 0.3) is 0 Å². The van der Waals surface area contributed by atoms with Crippen molar-refractivity contribution < 1.29 is 14.8 Å². The number of nitro benzene ring substituents is 1. The highest BCUT2D eigenvalue weighted by atomic mass is 16.6. The maximum atomic E-state index is 13.3. The molecular weight excluding hydrogens is 346 g/mol. The smallest absolute Gasteiger partial charge is 0.273 e. The Kier molecular flexibility index (Phi) is 5.12. The van der Waals surface area contributed by atoms with Gasteiger partial charge in [0.1, 0.15) is 5.75 Å². The molecule has 0 spiro atoms. The number of anilines is 1. The fraction of sp³-hybridized carbons (Fsp3) is 0.100. The standard InChI is InChI=1S/C20H17N3O4/c1-14-16(8-6-10-17(14)23(26)27)20(25)22(13-15-7-4-5-12-21-15)18-9-2-3-11-19(18)24/h2-12,24H,13H2,1H3. The number of phenols is 1. The lowest BCUT2D eigenvalue weighted by Crippen LogP contribution is -2.31. The Morgan fingerprint density at radius 2 is 1.85 bits per heavy atom. The highest BCUT2D eigenvalue weighted by Gasteiger charge is 2.25. The van der Waals surface area contributed by atoms with E-state index in [0.29, 0.717) is 11.4 Å². The monoisotopic (exact) mass is 363 g/mol. The summed E-state index contributed by atoms with van der Waals surface area (Å²) in [5, 5.41) is 21.5. The highest BCUT2D eigenvalue weighted by molar-refractivity contribution is 6.08. The number of amides is 1. The van der Waals surface area contributed by atoms with Crippen LogP contribution < -0.4 is 4.90 Å². The Hall–Kier alpha value is -3.74. The van der Waals surface area contributed by atoms with Gasteiger partial charge in [0.15, 0.2) is 0 Å². The van der Waals surface area contributed by atoms with Gasteiger partial charge in [0.2, 0.25) is 0 Å². The van der Waals surface area contributed by atoms with Crippen molar-refractivity contribution in [2.24, 2.45) is 0 Å². The van der Waals surface area contributed by atoms with Gasteiger partial charge in [-0.2, -0.15) is 0 Å². The lowest BCUT2D eigenvalue weighted by molar-refractivity contribution is -0.385. The number of phenolic OH excluding ortho intramolecular Hbond substituents is 1. The van der Waals surface area contributed by atoms with Crippen LogP contribution in [0.5, 0.6) is 5.75 Å². The maximum Gasteiger partial charge on any atom is 0.273 e. The summed E-state index contributed by atoms with van der Waals surface area (Å²) in [6.45, 7) is 1.65. The molecule has 3 aromatic rings. The van der Waals surface area contributed by atoms with E-state index in [1.54, 1.807) is 42.6 Å². The summed E-state index contributed by atoms with van der Waals surface area (Å²) in [5.41, 5.74) is 1.27. The number of aromatic hydroxyl groups is 1. The number of carbonyl (C=O) groups is 1. The van der Waals surface area contributed by atoms with Gasteiger partial charge in [-0.3, -0.25) is 24.8 Å². The van der Waals surface area contributed by atoms with Gasteiger partial charge in [-0.15, -0.1) is 0 Å². The zero-order chi connectivity index (χ0) is 19.4. The molecule has 2 aromatic carbocycles. The first-order valence-electron chi connectivity index (χ1n) is 8.23. The highest BCUT2D eigenvalue weighted by Crippen LogP contribution is 2.31. The van der Waals surface area contributed by atoms with E-state index in [2.05, 4.69) is 4.98 Å². The molecule has 0 atom stereocenters. The number of hydrogen-bond acceptors (Lipinski definition) is 5. The van der Waals surface area contributed by atoms with E-state index < -0.39 is 10.8 Å². The summed E-state index contributed by atoms with van der Waals surface area (Å²) < 4.78 is 0. The van der Waals surface area contributed by atoms with Gasteiger partial charge in [-0.1, -0.05) is 24.3 Å². The van der Waals surface area contributed by atoms with Gasteiger partial charge >= 0.3 is 0 Å². The molecule has 0 aliphatic heterocycles. The van der Waals surface area contributed by atoms with Crippen LogP contribution in [-0.4, -0.2) is 20.9 Å². The normalized spacial score (nSPS) is 10.4. The van der Waals surface area contributed by atoms with Crippen LogP contribution in [-0.2, 0) is 6.54 Å². The number of nitro groups is 1. The topological polar surface area (TPSA) is 96.6 Å². The van der Waals surface area contributed by atoms with E-state index >= 15 is 0 Å². The van der Waals surface area contributed by atoms with Crippen molar-refractivity contribution in [1.82, 2.24) is 4.98 Å². The average molecular weight is 363 g/mol. The first-order chi connectivity index (χ1) is 13.0. The minimum absolute atomic E-state index is 0.0649. The minimum atomic E-state index is -0.519. The zero-order valence-corrected chi connectivity index (χ0v) is 14.6. The maximum absolute atomic E-state index is 13.3. The molecule has 136 valence electrons. The van der Waals surface area contributed by atoms with E-state index in [1.165, 1.54) is 36.1 Å². The Labute approximate surface area is 155 Å². The van der Waals surface area contributed by atoms with Gasteiger partial charge in [0.25, 0.3) is 11.6 Å². The number of para-hydroxylation sites is 2. The molecule has 0 aliphatic carbocycles. The zero-order valence-electron chi connectivity index (χ0n) is 14.6. The summed E-state index contributed by atoms with van der Waals surface area (Å²) >= 11 is 0. The first-order valence-corrected chi connectivity index (χ1v) is 8.23. The molecule has 1 amide bonds. The van der Waals surface area contributed by atoms with Gasteiger partial charge in [0.05, 0.1) is 22.8 Å². The predicted octanol–water partition coefficient (Wildman–Crippen LogP) is 3.85. The van der Waals surface area contributed by atoms with Crippen molar-refractivity contribution in [3.63, 3.8) is 0 Å². The SMILES string of the molecule is Cc1c(C(=O)N(Cc2ccccn2)c2ccccc2O)cccc1[N+](=O)[O-]. The van der Waals surface area contributed by atoms with Crippen LogP contribution in [0.3, 0.4) is 0 Å². The molecule has 0 saturated carbocycles. The molecule has 1 N–H and O–H groups in total. The number of nitrogens with zero attached hydrogens (tertiary/aromatic N) is 3. The molecule has 0 bridgehead atoms. The largest absolute Gasteiger partial charge is 0.506 e. The Morgan fingerprint density at radius 3 is 2.52 bits per heavy atom. The van der Waals surface area contributed by atoms with E-state index in [-0.39, 0.29) is 29.1 Å². The third-order valence-corrected chi connectivity index (χ3v) is 4.20. The number of rotatable bonds is 5. The molecule has 7 nitrogen and oxygen atoms in total. The summed E-state index contributed by atoms with van der Waals surface area (Å²) in [5.74, 6) is -0.520. The van der Waals surface area contributed by atoms with Gasteiger partial charge in [-0.05, 0) is 37.3 Å². The molecule has 0 saturated heterocycles. The van der Waals surface area contributed by atoms with Crippen molar-refractivity contribution in [3.05, 3.63) is 93.8 Å². The molecule has 1 aromatic heterocycles. The van der Waals surface area contributed by atoms with Crippen LogP contribution in [0, 0.1) is 17.0 Å². The molecule has 3 rings (SSSR count). The number of benzene rings is 2. The van der Waals surface area contributed by atoms with Crippen molar-refractivity contribution in [2.45, 2.75) is 13.5 Å². The van der Waals surface area contributed by atoms with Gasteiger partial charge in [0, 0.05) is 23.4 Å². The second kappa shape index (κ2) is 7.65. The van der Waals surface area contributed by atoms with Crippen LogP contribution in [0.15, 0.2) is 66.9 Å². The van der Waals surface area contributed by atoms with Crippen LogP contribution in [0.4, 0.5) is 11.4 Å².